The zero-order valence-corrected chi connectivity index (χ0v) is 16.4. The van der Waals surface area contributed by atoms with Crippen molar-refractivity contribution in [3.63, 3.8) is 0 Å². The molecule has 0 amide bonds. The number of aryl methyl sites for hydroxylation is 2. The number of rotatable bonds is 8. The number of thiol groups is 1. The van der Waals surface area contributed by atoms with Crippen molar-refractivity contribution >= 4 is 40.5 Å². The van der Waals surface area contributed by atoms with Crippen LogP contribution >= 0.6 is 24.8 Å². The van der Waals surface area contributed by atoms with Crippen LogP contribution in [-0.2, 0) is 12.8 Å². The Balaban J connectivity index is 2.46. The SMILES string of the molecule is CCCCc1ccccc1N(C(=S)S)c1ccccc1CCCC. The van der Waals surface area contributed by atoms with Gasteiger partial charge in [-0.1, -0.05) is 75.3 Å². The number of thiocarbonyl (C=S) groups is 1. The molecule has 0 N–H and O–H groups in total. The Labute approximate surface area is 157 Å². The third-order valence-corrected chi connectivity index (χ3v) is 4.64. The summed E-state index contributed by atoms with van der Waals surface area (Å²) in [6.07, 6.45) is 6.87. The summed E-state index contributed by atoms with van der Waals surface area (Å²) >= 11 is 10.1. The molecule has 0 saturated carbocycles. The highest BCUT2D eigenvalue weighted by atomic mass is 32.1. The van der Waals surface area contributed by atoms with Crippen molar-refractivity contribution in [2.75, 3.05) is 4.90 Å². The fourth-order valence-electron chi connectivity index (χ4n) is 2.95. The maximum Gasteiger partial charge on any atom is 0.142 e. The number of hydrogen-bond donors (Lipinski definition) is 1. The maximum absolute atomic E-state index is 5.52. The van der Waals surface area contributed by atoms with Gasteiger partial charge in [0.1, 0.15) is 4.32 Å². The molecule has 0 bridgehead atoms. The lowest BCUT2D eigenvalue weighted by atomic mass is 10.0. The summed E-state index contributed by atoms with van der Waals surface area (Å²) in [5, 5.41) is 0. The second-order valence-electron chi connectivity index (χ2n) is 6.08. The molecule has 0 aliphatic heterocycles. The normalized spacial score (nSPS) is 10.6. The monoisotopic (exact) mass is 357 g/mol. The van der Waals surface area contributed by atoms with Gasteiger partial charge in [-0.3, -0.25) is 4.90 Å². The van der Waals surface area contributed by atoms with Gasteiger partial charge < -0.3 is 0 Å². The molecular formula is C21H27NS2. The predicted molar refractivity (Wildman–Crippen MR) is 114 cm³/mol. The lowest BCUT2D eigenvalue weighted by Crippen LogP contribution is -2.22. The Morgan fingerprint density at radius 3 is 1.62 bits per heavy atom. The molecule has 2 aromatic carbocycles. The summed E-state index contributed by atoms with van der Waals surface area (Å²) < 4.78 is 0.600. The summed E-state index contributed by atoms with van der Waals surface area (Å²) in [6, 6.07) is 17.1. The molecule has 1 nitrogen and oxygen atoms in total. The van der Waals surface area contributed by atoms with Crippen LogP contribution in [0, 0.1) is 0 Å². The van der Waals surface area contributed by atoms with Crippen LogP contribution in [0.5, 0.6) is 0 Å². The highest BCUT2D eigenvalue weighted by Crippen LogP contribution is 2.34. The Morgan fingerprint density at radius 2 is 1.25 bits per heavy atom. The number of para-hydroxylation sites is 2. The van der Waals surface area contributed by atoms with Crippen LogP contribution in [0.1, 0.15) is 50.7 Å². The van der Waals surface area contributed by atoms with Crippen molar-refractivity contribution in [1.82, 2.24) is 0 Å². The van der Waals surface area contributed by atoms with Gasteiger partial charge in [-0.15, -0.1) is 12.6 Å². The Kier molecular flexibility index (Phi) is 7.80. The molecule has 0 saturated heterocycles. The van der Waals surface area contributed by atoms with Crippen molar-refractivity contribution in [2.45, 2.75) is 52.4 Å². The molecule has 0 aromatic heterocycles. The van der Waals surface area contributed by atoms with Gasteiger partial charge in [-0.2, -0.15) is 0 Å². The zero-order valence-electron chi connectivity index (χ0n) is 14.7. The van der Waals surface area contributed by atoms with E-state index in [0.717, 1.165) is 24.2 Å². The number of hydrogen-bond acceptors (Lipinski definition) is 1. The van der Waals surface area contributed by atoms with Gasteiger partial charge in [0, 0.05) is 0 Å². The Bertz CT molecular complexity index is 615. The van der Waals surface area contributed by atoms with Crippen molar-refractivity contribution in [2.24, 2.45) is 0 Å². The topological polar surface area (TPSA) is 3.24 Å². The minimum atomic E-state index is 0.600. The highest BCUT2D eigenvalue weighted by Gasteiger charge is 2.18. The highest BCUT2D eigenvalue weighted by molar-refractivity contribution is 8.11. The average Bonchev–Trinajstić information content (AvgIpc) is 2.60. The third kappa shape index (κ3) is 4.84. The van der Waals surface area contributed by atoms with Gasteiger partial charge in [-0.05, 0) is 48.9 Å². The molecule has 0 atom stereocenters. The van der Waals surface area contributed by atoms with Gasteiger partial charge in [0.2, 0.25) is 0 Å². The Morgan fingerprint density at radius 1 is 0.833 bits per heavy atom. The molecule has 2 rings (SSSR count). The summed E-state index contributed by atoms with van der Waals surface area (Å²) in [5.74, 6) is 0. The average molecular weight is 358 g/mol. The van der Waals surface area contributed by atoms with E-state index in [1.807, 2.05) is 0 Å². The Hall–Kier alpha value is -1.32. The van der Waals surface area contributed by atoms with Crippen LogP contribution in [0.25, 0.3) is 0 Å². The molecule has 0 fully saturated rings. The van der Waals surface area contributed by atoms with E-state index in [0.29, 0.717) is 4.32 Å². The fraction of sp³-hybridized carbons (Fsp3) is 0.381. The first-order valence-corrected chi connectivity index (χ1v) is 9.73. The summed E-state index contributed by atoms with van der Waals surface area (Å²) in [7, 11) is 0. The number of anilines is 2. The first-order chi connectivity index (χ1) is 11.7. The lowest BCUT2D eigenvalue weighted by Gasteiger charge is -2.28. The molecular weight excluding hydrogens is 330 g/mol. The third-order valence-electron chi connectivity index (χ3n) is 4.26. The molecule has 0 spiro atoms. The van der Waals surface area contributed by atoms with Crippen molar-refractivity contribution < 1.29 is 0 Å². The van der Waals surface area contributed by atoms with Crippen LogP contribution in [0.15, 0.2) is 48.5 Å². The molecule has 0 radical (unpaired) electrons. The number of unbranched alkanes of at least 4 members (excludes halogenated alkanes) is 2. The van der Waals surface area contributed by atoms with Crippen molar-refractivity contribution in [1.29, 1.82) is 0 Å². The summed E-state index contributed by atoms with van der Waals surface area (Å²) in [6.45, 7) is 4.45. The number of nitrogens with zero attached hydrogens (tertiary/aromatic N) is 1. The van der Waals surface area contributed by atoms with Crippen LogP contribution in [-0.4, -0.2) is 4.32 Å². The van der Waals surface area contributed by atoms with E-state index in [4.69, 9.17) is 12.2 Å². The van der Waals surface area contributed by atoms with E-state index in [1.54, 1.807) is 0 Å². The van der Waals surface area contributed by atoms with Crippen molar-refractivity contribution in [3.8, 4) is 0 Å². The zero-order chi connectivity index (χ0) is 17.4. The first-order valence-electron chi connectivity index (χ1n) is 8.87. The van der Waals surface area contributed by atoms with E-state index < -0.39 is 0 Å². The minimum absolute atomic E-state index is 0.600. The molecule has 3 heteroatoms. The van der Waals surface area contributed by atoms with Gasteiger partial charge in [-0.25, -0.2) is 0 Å². The molecule has 0 aliphatic rings. The summed E-state index contributed by atoms with van der Waals surface area (Å²) in [5.41, 5.74) is 4.99. The molecule has 0 heterocycles. The smallest absolute Gasteiger partial charge is 0.142 e. The van der Waals surface area contributed by atoms with Gasteiger partial charge in [0.15, 0.2) is 0 Å². The maximum atomic E-state index is 5.52. The predicted octanol–water partition coefficient (Wildman–Crippen LogP) is 6.72. The van der Waals surface area contributed by atoms with E-state index in [2.05, 4.69) is 79.9 Å². The van der Waals surface area contributed by atoms with E-state index >= 15 is 0 Å². The summed E-state index contributed by atoms with van der Waals surface area (Å²) in [4.78, 5) is 2.13. The quantitative estimate of drug-likeness (QED) is 0.412. The fourth-order valence-corrected chi connectivity index (χ4v) is 3.36. The largest absolute Gasteiger partial charge is 0.296 e. The molecule has 128 valence electrons. The lowest BCUT2D eigenvalue weighted by molar-refractivity contribution is 0.791. The van der Waals surface area contributed by atoms with Gasteiger partial charge in [0.25, 0.3) is 0 Å². The first kappa shape index (κ1) is 19.0. The van der Waals surface area contributed by atoms with Crippen LogP contribution in [0.3, 0.4) is 0 Å². The van der Waals surface area contributed by atoms with Crippen LogP contribution in [0.2, 0.25) is 0 Å². The van der Waals surface area contributed by atoms with Crippen LogP contribution < -0.4 is 4.90 Å². The van der Waals surface area contributed by atoms with E-state index in [9.17, 15) is 0 Å². The van der Waals surface area contributed by atoms with Crippen LogP contribution in [0.4, 0.5) is 11.4 Å². The standard InChI is InChI=1S/C21H27NS2/c1-3-5-11-17-13-7-9-15-19(17)22(21(23)24)20-16-10-8-14-18(20)12-6-4-2/h7-10,13-16H,3-6,11-12H2,1-2H3,(H,23,24). The molecule has 0 aliphatic carbocycles. The molecule has 0 unspecified atom stereocenters. The van der Waals surface area contributed by atoms with Gasteiger partial charge in [0.05, 0.1) is 11.4 Å². The van der Waals surface area contributed by atoms with E-state index in [1.165, 1.54) is 36.8 Å². The number of benzene rings is 2. The molecule has 2 aromatic rings. The minimum Gasteiger partial charge on any atom is -0.296 e. The van der Waals surface area contributed by atoms with Gasteiger partial charge >= 0.3 is 0 Å². The second kappa shape index (κ2) is 9.85. The van der Waals surface area contributed by atoms with E-state index in [-0.39, 0.29) is 0 Å². The van der Waals surface area contributed by atoms with Crippen molar-refractivity contribution in [3.05, 3.63) is 59.7 Å². The second-order valence-corrected chi connectivity index (χ2v) is 7.20. The molecule has 24 heavy (non-hydrogen) atoms.